The second-order valence-corrected chi connectivity index (χ2v) is 71.2. The van der Waals surface area contributed by atoms with Crippen LogP contribution in [0.15, 0.2) is 180 Å². The van der Waals surface area contributed by atoms with Crippen LogP contribution in [0.5, 0.6) is 0 Å². The zero-order valence-electron chi connectivity index (χ0n) is 62.0. The molecule has 6 heterocycles. The summed E-state index contributed by atoms with van der Waals surface area (Å²) in [5.41, 5.74) is -0.184. The number of ether oxygens (including phenoxy) is 3. The van der Waals surface area contributed by atoms with Crippen molar-refractivity contribution in [3.63, 3.8) is 0 Å². The number of halogens is 16. The Morgan fingerprint density at radius 3 is 1.12 bits per heavy atom. The van der Waals surface area contributed by atoms with Crippen LogP contribution >= 0.6 is 144 Å². The van der Waals surface area contributed by atoms with Gasteiger partial charge in [-0.05, 0) is 154 Å². The molecule has 0 saturated carbocycles. The quantitative estimate of drug-likeness (QED) is 0.0270. The van der Waals surface area contributed by atoms with Gasteiger partial charge in [0.2, 0.25) is 17.8 Å². The normalized spacial score (nSPS) is 14.4. The molecule has 626 valence electrons. The number of esters is 3. The number of aromatic nitrogens is 9. The van der Waals surface area contributed by atoms with Crippen molar-refractivity contribution >= 4 is 196 Å². The minimum atomic E-state index is -4.61. The van der Waals surface area contributed by atoms with E-state index in [0.29, 0.717) is 49.8 Å². The molecule has 24 nitrogen and oxygen atoms in total. The molecule has 0 amide bonds. The van der Waals surface area contributed by atoms with Crippen molar-refractivity contribution in [3.8, 4) is 42.4 Å². The van der Waals surface area contributed by atoms with Crippen molar-refractivity contribution in [2.24, 2.45) is 0 Å². The van der Waals surface area contributed by atoms with Crippen LogP contribution < -0.4 is 31.8 Å². The van der Waals surface area contributed by atoms with Gasteiger partial charge in [-0.3, -0.25) is 14.7 Å². The molecule has 12 rings (SSSR count). The van der Waals surface area contributed by atoms with E-state index < -0.39 is 88.3 Å². The molecule has 3 N–H and O–H groups in total. The van der Waals surface area contributed by atoms with Crippen LogP contribution in [0.1, 0.15) is 142 Å². The maximum atomic E-state index is 13.4. The van der Waals surface area contributed by atoms with E-state index in [1.807, 2.05) is 19.1 Å². The number of H-pyrrole nitrogens is 3. The van der Waals surface area contributed by atoms with Crippen LogP contribution in [0.2, 0.25) is 0 Å². The number of nitriles is 3. The van der Waals surface area contributed by atoms with Crippen molar-refractivity contribution in [2.75, 3.05) is 36.0 Å². The fourth-order valence-electron chi connectivity index (χ4n) is 12.6. The number of anilines is 6. The molecule has 0 spiro atoms. The van der Waals surface area contributed by atoms with Crippen molar-refractivity contribution in [1.29, 1.82) is 15.8 Å². The van der Waals surface area contributed by atoms with Crippen molar-refractivity contribution in [1.82, 2.24) is 44.3 Å². The number of hydrogen-bond acceptors (Lipinski definition) is 18. The van der Waals surface area contributed by atoms with E-state index in [-0.39, 0.29) is 88.5 Å². The van der Waals surface area contributed by atoms with Crippen LogP contribution in [0.4, 0.5) is 74.4 Å². The number of carbonyl (C=O) groups excluding carboxylic acids is 3. The Morgan fingerprint density at radius 2 is 0.824 bits per heavy atom. The summed E-state index contributed by atoms with van der Waals surface area (Å²) in [4.78, 5) is 81.6. The molecule has 6 aromatic carbocycles. The van der Waals surface area contributed by atoms with Crippen LogP contribution in [0, 0.1) is 58.2 Å². The van der Waals surface area contributed by atoms with Crippen LogP contribution in [0.25, 0.3) is 0 Å². The molecule has 0 fully saturated rings. The third-order valence-corrected chi connectivity index (χ3v) is 17.9. The van der Waals surface area contributed by atoms with Crippen molar-refractivity contribution in [2.45, 2.75) is 106 Å². The predicted octanol–water partition coefficient (Wildman–Crippen LogP) is 20.2. The first kappa shape index (κ1) is 101. The van der Waals surface area contributed by atoms with E-state index in [1.54, 1.807) is 51.1 Å². The Labute approximate surface area is 763 Å². The Morgan fingerprint density at radius 1 is 0.529 bits per heavy atom. The van der Waals surface area contributed by atoms with Gasteiger partial charge in [-0.15, -0.1) is 33.6 Å². The predicted molar refractivity (Wildman–Crippen MR) is 481 cm³/mol. The van der Waals surface area contributed by atoms with Crippen LogP contribution in [-0.2, 0) is 58.5 Å². The summed E-state index contributed by atoms with van der Waals surface area (Å²) in [5.74, 6) is 5.52. The Kier molecular flexibility index (Phi) is 37.7. The summed E-state index contributed by atoms with van der Waals surface area (Å²) in [6.07, 6.45) is -7.92. The number of hydrogen-bond donors (Lipinski definition) is 3. The molecule has 0 aliphatic carbocycles. The van der Waals surface area contributed by atoms with Gasteiger partial charge >= 0.3 is 118 Å². The Bertz CT molecular complexity index is 5790. The fourth-order valence-corrected chi connectivity index (χ4v) is 13.2. The number of methoxy groups -OCH3 is 3. The van der Waals surface area contributed by atoms with E-state index in [1.165, 1.54) is 101 Å². The molecule has 3 unspecified atom stereocenters. The maximum absolute atomic E-state index is 13.4. The van der Waals surface area contributed by atoms with Gasteiger partial charge in [0.15, 0.2) is 0 Å². The molecule has 0 radical (unpaired) electrons. The number of nitrogens with one attached hydrogen (secondary N) is 3. The average molecular weight is 2420 g/mol. The standard InChI is InChI=1S/C25H22F3N5O3.C25H18F3N5O3.C22H15BrF3N5O3.C3H4.CHI3.2CH4.3HI.V/c2*1-4-6-16-11-15(13-29)9-10-19(16)21-20(22(34)36-3)14(2)32(23-30-31-24(35)33(21)23)18-8-5-7-17(12-18)25(26,27)28;1-11-17(19(32)34-2)18(15-7-6-12(10-27)8-16(15)23)31-20(28-29-21(31)33)30(11)14-5-3-4-13(9-14)22(24,25)26;1-3-2;2-1(3)4;;;;;;/h5,7-12,21H,4,6H2,1-3H3,(H,31,35);5,7-12,21H,1-3H3,(H,31,35);3-9,18H,1-2H3,(H,29,33);1H,2H3;1H;2*1H4;3*1H;/q;;;;;;;;;;+3/p-3. The van der Waals surface area contributed by atoms with Gasteiger partial charge in [0.05, 0.1) is 89.6 Å². The monoisotopic (exact) mass is 2420 g/mol. The van der Waals surface area contributed by atoms with Crippen LogP contribution in [-0.4, -0.2) is 83.5 Å². The molecule has 3 aliphatic heterocycles. The molecule has 119 heavy (non-hydrogen) atoms. The molecular formula is C78H68BrF9I6N15O9V. The molecule has 41 heteroatoms. The summed E-state index contributed by atoms with van der Waals surface area (Å²) < 4.78 is 141. The zero-order valence-corrected chi connectivity index (χ0v) is 77.9. The fraction of sp³-hybridized carbons (Fsp3) is 0.256. The SMILES string of the molecule is C.C.C#CC.CC#Cc1cc(C#N)ccc1C1C(C(=O)OC)=C(C)N(c2cccc(C(F)(F)F)c2)c2n[nH]c(=O)n21.CCCc1cc(C#N)ccc1C1C(C(=O)OC)=C(C)N(c2cccc(C(F)(F)F)c2)c2n[nH]c(=O)n21.COC(=O)C1=C(C)N(c2cccc(C(F)(F)F)c2)c2n[nH]c(=O)n2C1c1ccc(C#N)cc1Br.IC(I)I.[I][V]([I])[I]. The number of aryl methyl sites for hydroxylation is 1. The summed E-state index contributed by atoms with van der Waals surface area (Å²) in [7, 11) is 3.51. The zero-order chi connectivity index (χ0) is 87.0. The molecular weight excluding hydrogens is 2350 g/mol. The van der Waals surface area contributed by atoms with E-state index in [0.717, 1.165) is 71.7 Å². The summed E-state index contributed by atoms with van der Waals surface area (Å²) in [5, 5.41) is 47.0. The third kappa shape index (κ3) is 23.6. The third-order valence-electron chi connectivity index (χ3n) is 17.2. The molecule has 0 saturated heterocycles. The second kappa shape index (κ2) is 44.4. The van der Waals surface area contributed by atoms with Gasteiger partial charge in [-0.2, -0.15) is 55.3 Å². The first-order chi connectivity index (χ1) is 55.2. The van der Waals surface area contributed by atoms with Gasteiger partial charge in [0.1, 0.15) is 18.1 Å². The number of allylic oxidation sites excluding steroid dienone is 3. The minimum absolute atomic E-state index is 0. The summed E-state index contributed by atoms with van der Waals surface area (Å²) >= 11 is 17.7. The van der Waals surface area contributed by atoms with Crippen LogP contribution in [0.3, 0.4) is 0 Å². The van der Waals surface area contributed by atoms with Gasteiger partial charge < -0.3 is 14.2 Å². The molecule has 0 bridgehead atoms. The number of aromatic amines is 3. The van der Waals surface area contributed by atoms with Gasteiger partial charge in [0.25, 0.3) is 0 Å². The first-order valence-electron chi connectivity index (χ1n) is 33.3. The first-order valence-corrected chi connectivity index (χ1v) is 51.3. The van der Waals surface area contributed by atoms with E-state index in [4.69, 9.17) is 14.2 Å². The van der Waals surface area contributed by atoms with E-state index in [9.17, 15) is 84.1 Å². The molecule has 3 aliphatic rings. The van der Waals surface area contributed by atoms with E-state index in [2.05, 4.69) is 204 Å². The van der Waals surface area contributed by atoms with Crippen molar-refractivity contribution in [3.05, 3.63) is 258 Å². The number of fused-ring (bicyclic) bond motifs is 3. The number of terminal acetylenes is 1. The number of nitrogens with zero attached hydrogens (tertiary/aromatic N) is 12. The topological polar surface area (TPSA) is 312 Å². The van der Waals surface area contributed by atoms with Gasteiger partial charge in [-0.1, -0.05) is 154 Å². The molecule has 3 aromatic heterocycles. The number of rotatable bonds is 11. The molecule has 3 atom stereocenters. The Balaban J connectivity index is 0.000000296. The van der Waals surface area contributed by atoms with E-state index >= 15 is 0 Å². The summed E-state index contributed by atoms with van der Waals surface area (Å²) in [6, 6.07) is 30.7. The number of alkyl halides is 12. The van der Waals surface area contributed by atoms with Crippen molar-refractivity contribution < 1.29 is 73.0 Å². The van der Waals surface area contributed by atoms with Gasteiger partial charge in [-0.25, -0.2) is 57.8 Å². The molecule has 9 aromatic rings. The summed E-state index contributed by atoms with van der Waals surface area (Å²) in [6.45, 7) is 9.82. The second-order valence-electron chi connectivity index (χ2n) is 24.1. The van der Waals surface area contributed by atoms with Gasteiger partial charge in [0, 0.05) is 44.2 Å². The number of benzene rings is 6. The number of carbonyl (C=O) groups is 3. The Hall–Kier alpha value is -8.43. The average Bonchev–Trinajstić information content (AvgIpc) is 1.71.